The van der Waals surface area contributed by atoms with Crippen molar-refractivity contribution in [1.82, 2.24) is 0 Å². The molecule has 25 heavy (non-hydrogen) atoms. The third-order valence-corrected chi connectivity index (χ3v) is 4.23. The molecule has 0 bridgehead atoms. The van der Waals surface area contributed by atoms with Crippen molar-refractivity contribution in [3.05, 3.63) is 23.2 Å². The van der Waals surface area contributed by atoms with Crippen LogP contribution in [-0.2, 0) is 14.3 Å². The minimum absolute atomic E-state index is 0.158. The molecular weight excluding hydrogens is 342 g/mol. The molecule has 1 aromatic rings. The maximum absolute atomic E-state index is 12.7. The van der Waals surface area contributed by atoms with Gasteiger partial charge in [0.25, 0.3) is 5.91 Å². The zero-order valence-corrected chi connectivity index (χ0v) is 16.4. The van der Waals surface area contributed by atoms with Crippen molar-refractivity contribution in [3.8, 4) is 5.75 Å². The number of hydrogen-bond acceptors (Lipinski definition) is 4. The zero-order valence-electron chi connectivity index (χ0n) is 15.7. The molecular formula is C19H30ClNO4. The number of nitrogens with one attached hydrogen (secondary N) is 1. The zero-order chi connectivity index (χ0) is 18.7. The van der Waals surface area contributed by atoms with Crippen molar-refractivity contribution in [3.63, 3.8) is 0 Å². The van der Waals surface area contributed by atoms with Crippen LogP contribution in [0.5, 0.6) is 5.75 Å². The second-order valence-electron chi connectivity index (χ2n) is 6.06. The first-order valence-electron chi connectivity index (χ1n) is 8.83. The van der Waals surface area contributed by atoms with Crippen LogP contribution in [0.15, 0.2) is 18.2 Å². The molecule has 0 unspecified atom stereocenters. The fourth-order valence-electron chi connectivity index (χ4n) is 2.48. The number of carbonyl (C=O) groups excluding carboxylic acids is 1. The van der Waals surface area contributed by atoms with Crippen molar-refractivity contribution in [2.45, 2.75) is 52.1 Å². The number of anilines is 1. The van der Waals surface area contributed by atoms with E-state index in [2.05, 4.69) is 12.2 Å². The van der Waals surface area contributed by atoms with Gasteiger partial charge in [-0.2, -0.15) is 0 Å². The third-order valence-electron chi connectivity index (χ3n) is 3.94. The number of methoxy groups -OCH3 is 1. The molecule has 0 heterocycles. The Hall–Kier alpha value is -1.30. The van der Waals surface area contributed by atoms with E-state index >= 15 is 0 Å². The monoisotopic (exact) mass is 371 g/mol. The minimum atomic E-state index is -0.843. The van der Waals surface area contributed by atoms with Crippen LogP contribution in [0.2, 0.25) is 5.02 Å². The number of amides is 1. The lowest BCUT2D eigenvalue weighted by atomic mass is 9.96. The molecule has 0 radical (unpaired) electrons. The standard InChI is InChI=1S/C19H30ClNO4/c1-5-7-8-11-19(3,25-6-2)18(22)21-15-9-10-17(16(20)14-15)24-13-12-23-4/h9-10,14H,5-8,11-13H2,1-4H3,(H,21,22)/t19-/m0/s1. The average molecular weight is 372 g/mol. The van der Waals surface area contributed by atoms with E-state index in [9.17, 15) is 4.79 Å². The molecule has 1 N–H and O–H groups in total. The molecule has 0 saturated heterocycles. The van der Waals surface area contributed by atoms with Crippen LogP contribution in [-0.4, -0.2) is 38.4 Å². The maximum atomic E-state index is 12.7. The van der Waals surface area contributed by atoms with Gasteiger partial charge in [-0.1, -0.05) is 37.8 Å². The van der Waals surface area contributed by atoms with Crippen molar-refractivity contribution in [2.24, 2.45) is 0 Å². The molecule has 5 nitrogen and oxygen atoms in total. The number of carbonyl (C=O) groups is 1. The molecule has 0 spiro atoms. The van der Waals surface area contributed by atoms with Gasteiger partial charge in [0.15, 0.2) is 0 Å². The molecule has 142 valence electrons. The van der Waals surface area contributed by atoms with Crippen LogP contribution in [0.4, 0.5) is 5.69 Å². The lowest BCUT2D eigenvalue weighted by molar-refractivity contribution is -0.139. The summed E-state index contributed by atoms with van der Waals surface area (Å²) in [7, 11) is 1.61. The van der Waals surface area contributed by atoms with E-state index < -0.39 is 5.60 Å². The molecule has 0 saturated carbocycles. The Balaban J connectivity index is 2.74. The summed E-state index contributed by atoms with van der Waals surface area (Å²) in [6.07, 6.45) is 3.82. The second kappa shape index (κ2) is 11.3. The Labute approximate surface area is 156 Å². The van der Waals surface area contributed by atoms with E-state index in [-0.39, 0.29) is 5.91 Å². The van der Waals surface area contributed by atoms with Gasteiger partial charge in [-0.3, -0.25) is 4.79 Å². The first-order chi connectivity index (χ1) is 12.0. The smallest absolute Gasteiger partial charge is 0.256 e. The summed E-state index contributed by atoms with van der Waals surface area (Å²) < 4.78 is 16.2. The summed E-state index contributed by atoms with van der Waals surface area (Å²) >= 11 is 6.22. The topological polar surface area (TPSA) is 56.8 Å². The van der Waals surface area contributed by atoms with Gasteiger partial charge in [-0.25, -0.2) is 0 Å². The molecule has 1 atom stereocenters. The van der Waals surface area contributed by atoms with E-state index in [4.69, 9.17) is 25.8 Å². The first-order valence-corrected chi connectivity index (χ1v) is 9.21. The van der Waals surface area contributed by atoms with Crippen molar-refractivity contribution in [1.29, 1.82) is 0 Å². The van der Waals surface area contributed by atoms with Gasteiger partial charge in [-0.15, -0.1) is 0 Å². The van der Waals surface area contributed by atoms with Gasteiger partial charge < -0.3 is 19.5 Å². The molecule has 0 aliphatic heterocycles. The van der Waals surface area contributed by atoms with Crippen molar-refractivity contribution < 1.29 is 19.0 Å². The number of halogens is 1. The lowest BCUT2D eigenvalue weighted by Crippen LogP contribution is -2.42. The molecule has 0 aliphatic carbocycles. The van der Waals surface area contributed by atoms with Gasteiger partial charge in [0, 0.05) is 19.4 Å². The van der Waals surface area contributed by atoms with E-state index in [0.717, 1.165) is 19.3 Å². The highest BCUT2D eigenvalue weighted by Gasteiger charge is 2.33. The summed E-state index contributed by atoms with van der Waals surface area (Å²) in [6, 6.07) is 5.19. The Bertz CT molecular complexity index is 538. The van der Waals surface area contributed by atoms with Crippen LogP contribution < -0.4 is 10.1 Å². The predicted molar refractivity (Wildman–Crippen MR) is 102 cm³/mol. The molecule has 0 aromatic heterocycles. The highest BCUT2D eigenvalue weighted by molar-refractivity contribution is 6.32. The fourth-order valence-corrected chi connectivity index (χ4v) is 2.71. The number of unbranched alkanes of at least 4 members (excludes halogenated alkanes) is 2. The van der Waals surface area contributed by atoms with E-state index in [1.54, 1.807) is 25.3 Å². The summed E-state index contributed by atoms with van der Waals surface area (Å²) in [5.41, 5.74) is -0.222. The maximum Gasteiger partial charge on any atom is 0.256 e. The molecule has 1 rings (SSSR count). The van der Waals surface area contributed by atoms with Crippen LogP contribution in [0, 0.1) is 0 Å². The molecule has 0 aliphatic rings. The van der Waals surface area contributed by atoms with Crippen LogP contribution in [0.3, 0.4) is 0 Å². The molecule has 1 amide bonds. The van der Waals surface area contributed by atoms with Crippen LogP contribution >= 0.6 is 11.6 Å². The fraction of sp³-hybridized carbons (Fsp3) is 0.632. The average Bonchev–Trinajstić information content (AvgIpc) is 2.57. The summed E-state index contributed by atoms with van der Waals surface area (Å²) in [4.78, 5) is 12.7. The number of rotatable bonds is 12. The molecule has 6 heteroatoms. The van der Waals surface area contributed by atoms with Crippen LogP contribution in [0.25, 0.3) is 0 Å². The van der Waals surface area contributed by atoms with E-state index in [1.165, 1.54) is 0 Å². The third kappa shape index (κ3) is 7.22. The van der Waals surface area contributed by atoms with Gasteiger partial charge in [0.1, 0.15) is 18.0 Å². The van der Waals surface area contributed by atoms with Gasteiger partial charge in [0.05, 0.1) is 11.6 Å². The van der Waals surface area contributed by atoms with Crippen molar-refractivity contribution >= 4 is 23.2 Å². The summed E-state index contributed by atoms with van der Waals surface area (Å²) in [5, 5.41) is 3.34. The summed E-state index contributed by atoms with van der Waals surface area (Å²) in [6.45, 7) is 7.26. The first kappa shape index (κ1) is 21.7. The largest absolute Gasteiger partial charge is 0.490 e. The Morgan fingerprint density at radius 1 is 1.24 bits per heavy atom. The number of ether oxygens (including phenoxy) is 3. The Morgan fingerprint density at radius 2 is 2.00 bits per heavy atom. The number of benzene rings is 1. The molecule has 0 fully saturated rings. The van der Waals surface area contributed by atoms with E-state index in [0.29, 0.717) is 42.7 Å². The molecule has 1 aromatic carbocycles. The van der Waals surface area contributed by atoms with Gasteiger partial charge in [0.2, 0.25) is 0 Å². The Morgan fingerprint density at radius 3 is 2.60 bits per heavy atom. The second-order valence-corrected chi connectivity index (χ2v) is 6.47. The highest BCUT2D eigenvalue weighted by atomic mass is 35.5. The number of hydrogen-bond donors (Lipinski definition) is 1. The minimum Gasteiger partial charge on any atom is -0.490 e. The van der Waals surface area contributed by atoms with Crippen LogP contribution in [0.1, 0.15) is 46.5 Å². The van der Waals surface area contributed by atoms with Gasteiger partial charge in [-0.05, 0) is 38.5 Å². The van der Waals surface area contributed by atoms with E-state index in [1.807, 2.05) is 13.8 Å². The van der Waals surface area contributed by atoms with Gasteiger partial charge >= 0.3 is 0 Å². The Kier molecular flexibility index (Phi) is 9.86. The lowest BCUT2D eigenvalue weighted by Gasteiger charge is -2.28. The quantitative estimate of drug-likeness (QED) is 0.542. The van der Waals surface area contributed by atoms with Crippen molar-refractivity contribution in [2.75, 3.05) is 32.2 Å². The predicted octanol–water partition coefficient (Wildman–Crippen LogP) is 4.68. The normalized spacial score (nSPS) is 13.3. The SMILES string of the molecule is CCCCC[C@](C)(OCC)C(=O)Nc1ccc(OCCOC)c(Cl)c1. The summed E-state index contributed by atoms with van der Waals surface area (Å²) in [5.74, 6) is 0.404. The highest BCUT2D eigenvalue weighted by Crippen LogP contribution is 2.29.